The Bertz CT molecular complexity index is 285. The first kappa shape index (κ1) is 8.73. The fourth-order valence-electron chi connectivity index (χ4n) is 1.67. The highest BCUT2D eigenvalue weighted by Crippen LogP contribution is 2.35. The average molecular weight is 177 g/mol. The van der Waals surface area contributed by atoms with E-state index in [1.165, 1.54) is 11.1 Å². The Labute approximate surface area is 78.7 Å². The quantitative estimate of drug-likeness (QED) is 0.710. The molecule has 0 saturated carbocycles. The zero-order valence-electron chi connectivity index (χ0n) is 7.70. The predicted molar refractivity (Wildman–Crippen MR) is 52.5 cm³/mol. The number of ether oxygens (including phenoxy) is 1. The van der Waals surface area contributed by atoms with E-state index in [4.69, 9.17) is 10.5 Å². The van der Waals surface area contributed by atoms with Gasteiger partial charge in [-0.25, -0.2) is 0 Å². The molecule has 2 nitrogen and oxygen atoms in total. The zero-order chi connectivity index (χ0) is 9.10. The molecule has 13 heavy (non-hydrogen) atoms. The van der Waals surface area contributed by atoms with Crippen molar-refractivity contribution < 1.29 is 4.74 Å². The van der Waals surface area contributed by atoms with Gasteiger partial charge in [0.25, 0.3) is 0 Å². The van der Waals surface area contributed by atoms with E-state index >= 15 is 0 Å². The molecule has 0 amide bonds. The third-order valence-electron chi connectivity index (χ3n) is 2.47. The Morgan fingerprint density at radius 3 is 3.00 bits per heavy atom. The molecule has 1 aliphatic rings. The topological polar surface area (TPSA) is 35.2 Å². The number of rotatable bonds is 4. The molecule has 0 fully saturated rings. The molecule has 1 aromatic rings. The van der Waals surface area contributed by atoms with Gasteiger partial charge in [0.15, 0.2) is 0 Å². The van der Waals surface area contributed by atoms with Crippen LogP contribution in [0.3, 0.4) is 0 Å². The summed E-state index contributed by atoms with van der Waals surface area (Å²) in [5, 5.41) is 0. The summed E-state index contributed by atoms with van der Waals surface area (Å²) < 4.78 is 5.66. The summed E-state index contributed by atoms with van der Waals surface area (Å²) in [4.78, 5) is 0. The van der Waals surface area contributed by atoms with E-state index in [-0.39, 0.29) is 0 Å². The fourth-order valence-corrected chi connectivity index (χ4v) is 1.67. The van der Waals surface area contributed by atoms with Crippen LogP contribution in [-0.2, 0) is 11.2 Å². The molecule has 0 aromatic heterocycles. The van der Waals surface area contributed by atoms with Crippen molar-refractivity contribution in [2.24, 2.45) is 5.73 Å². The Balaban J connectivity index is 1.87. The van der Waals surface area contributed by atoms with Crippen molar-refractivity contribution >= 4 is 0 Å². The Morgan fingerprint density at radius 2 is 2.23 bits per heavy atom. The Hall–Kier alpha value is -0.860. The first-order valence-electron chi connectivity index (χ1n) is 4.81. The van der Waals surface area contributed by atoms with E-state index in [1.54, 1.807) is 0 Å². The summed E-state index contributed by atoms with van der Waals surface area (Å²) >= 11 is 0. The molecular formula is C11H15NO. The van der Waals surface area contributed by atoms with Crippen molar-refractivity contribution in [3.05, 3.63) is 35.4 Å². The molecule has 1 aliphatic carbocycles. The standard InChI is InChI=1S/C11H15NO/c12-6-3-7-13-11-8-9-4-1-2-5-10(9)11/h1-2,4-5,11H,3,6-8,12H2. The molecule has 0 radical (unpaired) electrons. The summed E-state index contributed by atoms with van der Waals surface area (Å²) in [6.45, 7) is 1.50. The summed E-state index contributed by atoms with van der Waals surface area (Å²) in [5.74, 6) is 0. The molecule has 70 valence electrons. The van der Waals surface area contributed by atoms with Gasteiger partial charge in [-0.2, -0.15) is 0 Å². The summed E-state index contributed by atoms with van der Waals surface area (Å²) in [5.41, 5.74) is 8.18. The third-order valence-corrected chi connectivity index (χ3v) is 2.47. The number of benzene rings is 1. The van der Waals surface area contributed by atoms with Crippen molar-refractivity contribution in [1.82, 2.24) is 0 Å². The molecule has 0 saturated heterocycles. The molecule has 1 aromatic carbocycles. The van der Waals surface area contributed by atoms with Gasteiger partial charge in [0, 0.05) is 13.0 Å². The molecule has 2 heteroatoms. The van der Waals surface area contributed by atoms with Crippen LogP contribution in [-0.4, -0.2) is 13.2 Å². The summed E-state index contributed by atoms with van der Waals surface area (Å²) in [7, 11) is 0. The van der Waals surface area contributed by atoms with Gasteiger partial charge in [-0.05, 0) is 24.1 Å². The smallest absolute Gasteiger partial charge is 0.0868 e. The molecule has 0 bridgehead atoms. The number of hydrogen-bond acceptors (Lipinski definition) is 2. The van der Waals surface area contributed by atoms with Crippen LogP contribution in [0.1, 0.15) is 23.7 Å². The first-order valence-corrected chi connectivity index (χ1v) is 4.81. The molecule has 0 aliphatic heterocycles. The van der Waals surface area contributed by atoms with Gasteiger partial charge in [-0.15, -0.1) is 0 Å². The first-order chi connectivity index (χ1) is 6.42. The minimum atomic E-state index is 0.336. The van der Waals surface area contributed by atoms with E-state index < -0.39 is 0 Å². The minimum absolute atomic E-state index is 0.336. The molecule has 1 unspecified atom stereocenters. The lowest BCUT2D eigenvalue weighted by Crippen LogP contribution is -2.20. The van der Waals surface area contributed by atoms with Gasteiger partial charge in [-0.3, -0.25) is 0 Å². The van der Waals surface area contributed by atoms with Gasteiger partial charge in [-0.1, -0.05) is 24.3 Å². The van der Waals surface area contributed by atoms with Crippen LogP contribution in [0, 0.1) is 0 Å². The van der Waals surface area contributed by atoms with Gasteiger partial charge in [0.05, 0.1) is 6.10 Å². The highest BCUT2D eigenvalue weighted by Gasteiger charge is 2.25. The summed E-state index contributed by atoms with van der Waals surface area (Å²) in [6, 6.07) is 8.45. The maximum absolute atomic E-state index is 5.66. The highest BCUT2D eigenvalue weighted by atomic mass is 16.5. The number of nitrogens with two attached hydrogens (primary N) is 1. The van der Waals surface area contributed by atoms with E-state index in [0.717, 1.165) is 19.4 Å². The van der Waals surface area contributed by atoms with Crippen LogP contribution in [0.2, 0.25) is 0 Å². The summed E-state index contributed by atoms with van der Waals surface area (Å²) in [6.07, 6.45) is 2.36. The lowest BCUT2D eigenvalue weighted by atomic mass is 9.85. The molecular weight excluding hydrogens is 162 g/mol. The average Bonchev–Trinajstić information content (AvgIpc) is 2.13. The van der Waals surface area contributed by atoms with Gasteiger partial charge in [0.2, 0.25) is 0 Å². The number of hydrogen-bond donors (Lipinski definition) is 1. The Kier molecular flexibility index (Phi) is 2.62. The normalized spacial score (nSPS) is 19.3. The van der Waals surface area contributed by atoms with Crippen LogP contribution in [0.15, 0.2) is 24.3 Å². The second-order valence-corrected chi connectivity index (χ2v) is 3.40. The molecule has 1 atom stereocenters. The van der Waals surface area contributed by atoms with Crippen molar-refractivity contribution in [2.45, 2.75) is 18.9 Å². The molecule has 0 heterocycles. The molecule has 2 N–H and O–H groups in total. The third kappa shape index (κ3) is 1.74. The molecule has 2 rings (SSSR count). The lowest BCUT2D eigenvalue weighted by Gasteiger charge is -2.29. The van der Waals surface area contributed by atoms with Crippen molar-refractivity contribution in [3.63, 3.8) is 0 Å². The second kappa shape index (κ2) is 3.90. The maximum Gasteiger partial charge on any atom is 0.0868 e. The fraction of sp³-hybridized carbons (Fsp3) is 0.455. The zero-order valence-corrected chi connectivity index (χ0v) is 7.70. The lowest BCUT2D eigenvalue weighted by molar-refractivity contribution is 0.0365. The predicted octanol–water partition coefficient (Wildman–Crippen LogP) is 1.65. The number of fused-ring (bicyclic) bond motifs is 1. The van der Waals surface area contributed by atoms with Crippen molar-refractivity contribution in [2.75, 3.05) is 13.2 Å². The minimum Gasteiger partial charge on any atom is -0.373 e. The van der Waals surface area contributed by atoms with Crippen molar-refractivity contribution in [1.29, 1.82) is 0 Å². The van der Waals surface area contributed by atoms with E-state index in [1.807, 2.05) is 0 Å². The molecule has 0 spiro atoms. The monoisotopic (exact) mass is 177 g/mol. The van der Waals surface area contributed by atoms with Gasteiger partial charge >= 0.3 is 0 Å². The van der Waals surface area contributed by atoms with Crippen LogP contribution in [0.4, 0.5) is 0 Å². The second-order valence-electron chi connectivity index (χ2n) is 3.40. The van der Waals surface area contributed by atoms with Crippen LogP contribution in [0.5, 0.6) is 0 Å². The maximum atomic E-state index is 5.66. The van der Waals surface area contributed by atoms with Crippen LogP contribution >= 0.6 is 0 Å². The van der Waals surface area contributed by atoms with Crippen molar-refractivity contribution in [3.8, 4) is 0 Å². The Morgan fingerprint density at radius 1 is 1.38 bits per heavy atom. The van der Waals surface area contributed by atoms with E-state index in [9.17, 15) is 0 Å². The van der Waals surface area contributed by atoms with Crippen LogP contribution < -0.4 is 5.73 Å². The van der Waals surface area contributed by atoms with E-state index in [0.29, 0.717) is 12.6 Å². The van der Waals surface area contributed by atoms with Gasteiger partial charge < -0.3 is 10.5 Å². The SMILES string of the molecule is NCCCOC1Cc2ccccc21. The van der Waals surface area contributed by atoms with E-state index in [2.05, 4.69) is 24.3 Å². The van der Waals surface area contributed by atoms with Gasteiger partial charge in [0.1, 0.15) is 0 Å². The highest BCUT2D eigenvalue weighted by molar-refractivity contribution is 5.37. The largest absolute Gasteiger partial charge is 0.373 e. The van der Waals surface area contributed by atoms with Crippen LogP contribution in [0.25, 0.3) is 0 Å².